The van der Waals surface area contributed by atoms with Crippen molar-refractivity contribution in [2.45, 2.75) is 229 Å². The van der Waals surface area contributed by atoms with Gasteiger partial charge in [-0.05, 0) is 99.5 Å². The lowest BCUT2D eigenvalue weighted by atomic mass is 9.75. The molecule has 404 valence electrons. The number of hydrogen-bond acceptors (Lipinski definition) is 10. The van der Waals surface area contributed by atoms with Crippen LogP contribution in [0.3, 0.4) is 0 Å². The molecule has 10 rings (SSSR count). The average Bonchev–Trinajstić information content (AvgIpc) is 3.75. The minimum atomic E-state index is -2.41. The molecule has 10 nitrogen and oxygen atoms in total. The molecule has 4 aromatic rings. The molecule has 6 aliphatic heterocycles. The van der Waals surface area contributed by atoms with Crippen LogP contribution in [0.5, 0.6) is 0 Å². The molecule has 6 aliphatic rings. The van der Waals surface area contributed by atoms with Crippen molar-refractivity contribution in [3.8, 4) is 0 Å². The minimum Gasteiger partial charge on any atom is -0.410 e. The van der Waals surface area contributed by atoms with Crippen molar-refractivity contribution in [1.29, 1.82) is 0 Å². The van der Waals surface area contributed by atoms with Gasteiger partial charge in [0.2, 0.25) is 8.32 Å². The normalized spacial score (nSPS) is 38.0. The molecule has 1 N–H and O–H groups in total. The second-order valence-electron chi connectivity index (χ2n) is 24.8. The molecule has 4 aromatic carbocycles. The van der Waals surface area contributed by atoms with Crippen molar-refractivity contribution in [1.82, 2.24) is 0 Å². The lowest BCUT2D eigenvalue weighted by Crippen LogP contribution is -2.66. The highest BCUT2D eigenvalue weighted by Crippen LogP contribution is 2.53. The maximum atomic E-state index is 12.0. The zero-order valence-corrected chi connectivity index (χ0v) is 47.3. The van der Waals surface area contributed by atoms with E-state index in [0.29, 0.717) is 62.1 Å². The number of rotatable bonds is 14. The molecule has 0 bridgehead atoms. The Morgan fingerprint density at radius 2 is 1.22 bits per heavy atom. The van der Waals surface area contributed by atoms with Gasteiger partial charge in [-0.2, -0.15) is 0 Å². The van der Waals surface area contributed by atoms with Crippen LogP contribution in [-0.2, 0) is 55.5 Å². The van der Waals surface area contributed by atoms with E-state index in [1.54, 1.807) is 6.08 Å². The van der Waals surface area contributed by atoms with Crippen molar-refractivity contribution >= 4 is 29.9 Å². The molecule has 6 heterocycles. The monoisotopic (exact) mass is 1030 g/mol. The number of aliphatic hydroxyl groups excluding tert-OH is 1. The van der Waals surface area contributed by atoms with Crippen molar-refractivity contribution in [3.63, 3.8) is 0 Å². The average molecular weight is 1030 g/mol. The van der Waals surface area contributed by atoms with Crippen molar-refractivity contribution in [2.75, 3.05) is 6.61 Å². The highest BCUT2D eigenvalue weighted by atomic mass is 28.4. The van der Waals surface area contributed by atoms with Crippen LogP contribution >= 0.6 is 0 Å². The highest BCUT2D eigenvalue weighted by Gasteiger charge is 2.63. The largest absolute Gasteiger partial charge is 0.410 e. The smallest absolute Gasteiger partial charge is 0.200 e. The molecule has 0 aromatic heterocycles. The number of ether oxygens (including phenoxy) is 8. The summed E-state index contributed by atoms with van der Waals surface area (Å²) >= 11 is 0. The first-order valence-corrected chi connectivity index (χ1v) is 30.7. The molecule has 74 heavy (non-hydrogen) atoms. The van der Waals surface area contributed by atoms with E-state index in [1.165, 1.54) is 21.5 Å². The molecule has 0 aliphatic carbocycles. The molecular weight excluding hydrogens is 945 g/mol. The van der Waals surface area contributed by atoms with Gasteiger partial charge in [-0.25, -0.2) is 0 Å². The highest BCUT2D eigenvalue weighted by molar-refractivity contribution is 6.77. The first kappa shape index (κ1) is 54.3. The van der Waals surface area contributed by atoms with Crippen molar-refractivity contribution in [2.24, 2.45) is 23.7 Å². The third kappa shape index (κ3) is 10.3. The van der Waals surface area contributed by atoms with Crippen LogP contribution in [0.15, 0.2) is 97.6 Å². The van der Waals surface area contributed by atoms with Crippen LogP contribution in [0, 0.1) is 23.7 Å². The van der Waals surface area contributed by atoms with E-state index < -0.39 is 31.9 Å². The fourth-order valence-electron chi connectivity index (χ4n) is 14.9. The van der Waals surface area contributed by atoms with Crippen LogP contribution in [0.1, 0.15) is 126 Å². The first-order chi connectivity index (χ1) is 35.4. The van der Waals surface area contributed by atoms with Crippen LogP contribution in [-0.4, -0.2) is 105 Å². The molecule has 6 fully saturated rings. The summed E-state index contributed by atoms with van der Waals surface area (Å²) in [5, 5.41) is 16.8. The van der Waals surface area contributed by atoms with E-state index in [1.807, 2.05) is 0 Å². The van der Waals surface area contributed by atoms with Crippen molar-refractivity contribution < 1.29 is 47.4 Å². The fourth-order valence-corrected chi connectivity index (χ4v) is 20.5. The summed E-state index contributed by atoms with van der Waals surface area (Å²) in [6.45, 7) is 30.6. The summed E-state index contributed by atoms with van der Waals surface area (Å²) in [6.07, 6.45) is 2.02. The topological polar surface area (TPSA) is 103 Å². The summed E-state index contributed by atoms with van der Waals surface area (Å²) in [6, 6.07) is 30.1. The van der Waals surface area contributed by atoms with E-state index in [-0.39, 0.29) is 84.7 Å². The zero-order chi connectivity index (χ0) is 52.3. The Kier molecular flexibility index (Phi) is 16.2. The van der Waals surface area contributed by atoms with Gasteiger partial charge in [-0.3, -0.25) is 0 Å². The molecule has 11 heteroatoms. The Morgan fingerprint density at radius 3 is 1.84 bits per heavy atom. The maximum Gasteiger partial charge on any atom is 0.200 e. The molecule has 0 unspecified atom stereocenters. The second kappa shape index (κ2) is 22.0. The quantitative estimate of drug-likeness (QED) is 0.0970. The first-order valence-electron chi connectivity index (χ1n) is 28.5. The van der Waals surface area contributed by atoms with Gasteiger partial charge >= 0.3 is 0 Å². The molecule has 18 atom stereocenters. The van der Waals surface area contributed by atoms with E-state index in [0.717, 1.165) is 24.0 Å². The fraction of sp³-hybridized carbons (Fsp3) is 0.651. The molecule has 0 amide bonds. The minimum absolute atomic E-state index is 0.00257. The van der Waals surface area contributed by atoms with Crippen LogP contribution in [0.4, 0.5) is 0 Å². The number of hydrogen-bond donors (Lipinski definition) is 1. The summed E-state index contributed by atoms with van der Waals surface area (Å²) in [5.41, 5.74) is 2.42. The third-order valence-corrected chi connectivity index (χ3v) is 25.2. The Labute approximate surface area is 443 Å². The summed E-state index contributed by atoms with van der Waals surface area (Å²) in [5.74, 6) is -0.628. The van der Waals surface area contributed by atoms with Gasteiger partial charge in [-0.15, -0.1) is 6.58 Å². The van der Waals surface area contributed by atoms with Crippen LogP contribution in [0.25, 0.3) is 21.5 Å². The third-order valence-electron chi connectivity index (χ3n) is 19.1. The molecule has 1 spiro atoms. The molecule has 0 radical (unpaired) electrons. The molecule has 0 saturated carbocycles. The van der Waals surface area contributed by atoms with Gasteiger partial charge in [-0.1, -0.05) is 148 Å². The van der Waals surface area contributed by atoms with E-state index in [2.05, 4.69) is 168 Å². The Balaban J connectivity index is 0.927. The Hall–Kier alpha value is -3.04. The Bertz CT molecular complexity index is 2530. The predicted molar refractivity (Wildman–Crippen MR) is 294 cm³/mol. The van der Waals surface area contributed by atoms with E-state index in [9.17, 15) is 5.11 Å². The van der Waals surface area contributed by atoms with Gasteiger partial charge < -0.3 is 47.4 Å². The molecule has 6 saturated heterocycles. The van der Waals surface area contributed by atoms with Gasteiger partial charge in [0.15, 0.2) is 5.79 Å². The summed E-state index contributed by atoms with van der Waals surface area (Å²) in [4.78, 5) is 0. The number of aliphatic hydroxyl groups is 1. The lowest BCUT2D eigenvalue weighted by molar-refractivity contribution is -0.342. The summed E-state index contributed by atoms with van der Waals surface area (Å²) in [7, 11) is -2.41. The van der Waals surface area contributed by atoms with Gasteiger partial charge in [0.05, 0.1) is 87.0 Å². The summed E-state index contributed by atoms with van der Waals surface area (Å²) < 4.78 is 65.7. The SMILES string of the molecule is C=CC[C@@H](O)[C@]1(C)O[C@@H]2C[C@H](C)C[C@@H]3O[C@@H]4[C@@H](C)[C@H](OCc5ccc6ccccc6c5)[C@@H]5O[C@]6(C[C@H](OCc7ccc8ccccc8c7)CO6)[C@@H](C)[C@H](C)[C@H]5O[C@H]4C[C@H]3O[C@H]2C[C@H]1O[Si](C(C)C)(C(C)C)C(C)C. The van der Waals surface area contributed by atoms with E-state index in [4.69, 9.17) is 42.3 Å². The zero-order valence-electron chi connectivity index (χ0n) is 46.3. The predicted octanol–water partition coefficient (Wildman–Crippen LogP) is 13.0. The molecular formula is C63H88O10Si. The number of benzene rings is 4. The van der Waals surface area contributed by atoms with Crippen LogP contribution in [0.2, 0.25) is 16.6 Å². The van der Waals surface area contributed by atoms with Gasteiger partial charge in [0.25, 0.3) is 0 Å². The van der Waals surface area contributed by atoms with Gasteiger partial charge in [0.1, 0.15) is 11.7 Å². The van der Waals surface area contributed by atoms with Gasteiger partial charge in [0, 0.05) is 31.1 Å². The van der Waals surface area contributed by atoms with Crippen LogP contribution < -0.4 is 0 Å². The lowest BCUT2D eigenvalue weighted by Gasteiger charge is -2.56. The standard InChI is InChI=1S/C63H88O10Si/c1-13-18-56(64)62(12)57(73-74(37(2)3,38(4)5)39(6)7)32-53-54(71-62)28-40(8)27-51-52(68-53)31-55-58(69-51)42(10)59(66-35-45-24-26-47-20-15-17-22-49(47)30-45)61-60(70-55)41(9)43(11)63(72-61)33-50(36-67-63)65-34-44-23-25-46-19-14-16-21-48(46)29-44/h13-17,19-26,29-30,37-43,50-61,64H,1,18,27-28,31-36H2,2-12H3/t40-,41+,42-,43+,50+,51+,52-,53+,54-,55+,56-,57-,58-,59+,60-,61+,62+,63-/m1/s1. The van der Waals surface area contributed by atoms with E-state index >= 15 is 0 Å². The second-order valence-corrected chi connectivity index (χ2v) is 30.2. The maximum absolute atomic E-state index is 12.0. The van der Waals surface area contributed by atoms with Crippen molar-refractivity contribution in [3.05, 3.63) is 109 Å². The Morgan fingerprint density at radius 1 is 0.649 bits per heavy atom. The number of fused-ring (bicyclic) bond motifs is 6.